The van der Waals surface area contributed by atoms with Gasteiger partial charge in [-0.25, -0.2) is 32.5 Å². The number of hydrogen-bond acceptors (Lipinski definition) is 7. The van der Waals surface area contributed by atoms with Crippen LogP contribution in [-0.4, -0.2) is 41.8 Å². The number of hydrogen-bond donors (Lipinski definition) is 2. The van der Waals surface area contributed by atoms with Crippen LogP contribution in [0.1, 0.15) is 22.5 Å². The van der Waals surface area contributed by atoms with Crippen LogP contribution in [0.15, 0.2) is 35.6 Å². The molecule has 3 rings (SSSR count). The number of nitrogens with one attached hydrogen (secondary N) is 1. The van der Waals surface area contributed by atoms with E-state index >= 15 is 0 Å². The average molecular weight is 413 g/mol. The normalized spacial score (nSPS) is 18.7. The Labute approximate surface area is 161 Å². The monoisotopic (exact) mass is 413 g/mol. The lowest BCUT2D eigenvalue weighted by atomic mass is 9.86. The lowest BCUT2D eigenvalue weighted by Crippen LogP contribution is -2.41. The standard InChI is InChI=1S/C17H15F4N5O3/c18-8-29-13-7-23-12(6-24-13)14(27)25-9-1-2-11(19)10(5-9)17(15(20)21)3-4-28-16(22)26-17/h1-2,5-7,15H,3-4,8H2,(H2,22,26)(H,25,27)/t17-/m0/s1. The third kappa shape index (κ3) is 4.20. The van der Waals surface area contributed by atoms with Crippen molar-refractivity contribution < 1.29 is 31.8 Å². The van der Waals surface area contributed by atoms with Gasteiger partial charge in [-0.1, -0.05) is 0 Å². The zero-order valence-electron chi connectivity index (χ0n) is 14.7. The van der Waals surface area contributed by atoms with Crippen LogP contribution in [0.4, 0.5) is 23.2 Å². The highest BCUT2D eigenvalue weighted by molar-refractivity contribution is 6.02. The van der Waals surface area contributed by atoms with Gasteiger partial charge < -0.3 is 20.5 Å². The number of rotatable bonds is 6. The molecule has 0 spiro atoms. The van der Waals surface area contributed by atoms with Crippen molar-refractivity contribution in [2.24, 2.45) is 10.7 Å². The molecule has 0 saturated heterocycles. The number of anilines is 1. The molecule has 1 amide bonds. The van der Waals surface area contributed by atoms with Gasteiger partial charge in [0.2, 0.25) is 12.7 Å². The summed E-state index contributed by atoms with van der Waals surface area (Å²) in [7, 11) is 0. The molecule has 0 fully saturated rings. The lowest BCUT2D eigenvalue weighted by molar-refractivity contribution is 0.0247. The topological polar surface area (TPSA) is 112 Å². The summed E-state index contributed by atoms with van der Waals surface area (Å²) in [6, 6.07) is 2.70. The van der Waals surface area contributed by atoms with Gasteiger partial charge in [0.25, 0.3) is 18.4 Å². The first-order valence-corrected chi connectivity index (χ1v) is 8.24. The fourth-order valence-corrected chi connectivity index (χ4v) is 2.76. The minimum atomic E-state index is -3.07. The molecule has 29 heavy (non-hydrogen) atoms. The fraction of sp³-hybridized carbons (Fsp3) is 0.294. The molecule has 8 nitrogen and oxygen atoms in total. The maximum absolute atomic E-state index is 14.4. The molecule has 0 unspecified atom stereocenters. The summed E-state index contributed by atoms with van der Waals surface area (Å²) in [6.07, 6.45) is -1.30. The molecular weight excluding hydrogens is 398 g/mol. The third-order valence-electron chi connectivity index (χ3n) is 4.16. The van der Waals surface area contributed by atoms with Crippen LogP contribution < -0.4 is 15.8 Å². The molecule has 12 heteroatoms. The molecule has 0 radical (unpaired) electrons. The number of ether oxygens (including phenoxy) is 2. The van der Waals surface area contributed by atoms with Gasteiger partial charge in [0.1, 0.15) is 11.5 Å². The Bertz CT molecular complexity index is 926. The molecule has 3 N–H and O–H groups in total. The quantitative estimate of drug-likeness (QED) is 0.704. The number of amides is 1. The van der Waals surface area contributed by atoms with Gasteiger partial charge >= 0.3 is 0 Å². The van der Waals surface area contributed by atoms with Gasteiger partial charge in [0, 0.05) is 17.7 Å². The molecule has 1 aromatic carbocycles. The summed E-state index contributed by atoms with van der Waals surface area (Å²) >= 11 is 0. The van der Waals surface area contributed by atoms with E-state index in [1.54, 1.807) is 0 Å². The van der Waals surface area contributed by atoms with E-state index in [1.807, 2.05) is 0 Å². The molecule has 2 heterocycles. The first-order chi connectivity index (χ1) is 13.9. The van der Waals surface area contributed by atoms with Crippen LogP contribution in [0.5, 0.6) is 5.88 Å². The second kappa shape index (κ2) is 8.29. The number of benzene rings is 1. The minimum absolute atomic E-state index is 0.0255. The maximum atomic E-state index is 14.4. The molecule has 0 aliphatic carbocycles. The van der Waals surface area contributed by atoms with E-state index in [9.17, 15) is 22.4 Å². The number of halogens is 4. The highest BCUT2D eigenvalue weighted by atomic mass is 19.3. The number of nitrogens with zero attached hydrogens (tertiary/aromatic N) is 3. The summed E-state index contributed by atoms with van der Waals surface area (Å²) < 4.78 is 63.5. The molecule has 0 bridgehead atoms. The van der Waals surface area contributed by atoms with Crippen molar-refractivity contribution in [1.29, 1.82) is 0 Å². The van der Waals surface area contributed by atoms with Crippen molar-refractivity contribution >= 4 is 17.6 Å². The van der Waals surface area contributed by atoms with Crippen LogP contribution in [0.3, 0.4) is 0 Å². The van der Waals surface area contributed by atoms with Gasteiger partial charge in [-0.2, -0.15) is 0 Å². The molecule has 1 aromatic heterocycles. The lowest BCUT2D eigenvalue weighted by Gasteiger charge is -2.33. The highest BCUT2D eigenvalue weighted by Gasteiger charge is 2.46. The number of alkyl halides is 3. The van der Waals surface area contributed by atoms with E-state index in [1.165, 1.54) is 6.07 Å². The Morgan fingerprint density at radius 3 is 2.76 bits per heavy atom. The summed E-state index contributed by atoms with van der Waals surface area (Å²) in [4.78, 5) is 23.4. The van der Waals surface area contributed by atoms with Gasteiger partial charge in [0.15, 0.2) is 5.54 Å². The third-order valence-corrected chi connectivity index (χ3v) is 4.16. The van der Waals surface area contributed by atoms with E-state index in [0.717, 1.165) is 24.5 Å². The van der Waals surface area contributed by atoms with Crippen LogP contribution in [0, 0.1) is 5.82 Å². The summed E-state index contributed by atoms with van der Waals surface area (Å²) in [5, 5.41) is 2.40. The second-order valence-electron chi connectivity index (χ2n) is 5.92. The zero-order chi connectivity index (χ0) is 21.0. The van der Waals surface area contributed by atoms with Gasteiger partial charge in [-0.3, -0.25) is 4.79 Å². The Morgan fingerprint density at radius 1 is 1.34 bits per heavy atom. The number of carbonyl (C=O) groups excluding carboxylic acids is 1. The van der Waals surface area contributed by atoms with Crippen molar-refractivity contribution in [3.63, 3.8) is 0 Å². The largest absolute Gasteiger partial charge is 0.465 e. The summed E-state index contributed by atoms with van der Waals surface area (Å²) in [6.45, 7) is -1.28. The SMILES string of the molecule is NC1=N[C@@](c2cc(NC(=O)c3cnc(OCF)cn3)ccc2F)(C(F)F)CCO1. The van der Waals surface area contributed by atoms with Crippen molar-refractivity contribution in [3.05, 3.63) is 47.7 Å². The Balaban J connectivity index is 1.89. The highest BCUT2D eigenvalue weighted by Crippen LogP contribution is 2.40. The van der Waals surface area contributed by atoms with Crippen molar-refractivity contribution in [3.8, 4) is 5.88 Å². The van der Waals surface area contributed by atoms with Crippen molar-refractivity contribution in [1.82, 2.24) is 9.97 Å². The smallest absolute Gasteiger partial charge is 0.283 e. The molecule has 1 aliphatic rings. The Morgan fingerprint density at radius 2 is 2.14 bits per heavy atom. The van der Waals surface area contributed by atoms with E-state index in [2.05, 4.69) is 25.0 Å². The molecule has 0 saturated carbocycles. The maximum Gasteiger partial charge on any atom is 0.283 e. The molecule has 1 atom stereocenters. The first-order valence-electron chi connectivity index (χ1n) is 8.24. The average Bonchev–Trinajstić information content (AvgIpc) is 2.70. The van der Waals surface area contributed by atoms with Crippen LogP contribution >= 0.6 is 0 Å². The number of amidine groups is 1. The molecular formula is C17H15F4N5O3. The molecule has 2 aromatic rings. The van der Waals surface area contributed by atoms with Crippen LogP contribution in [0.25, 0.3) is 0 Å². The number of aliphatic imine (C=N–C) groups is 1. The van der Waals surface area contributed by atoms with Crippen LogP contribution in [0.2, 0.25) is 0 Å². The van der Waals surface area contributed by atoms with Gasteiger partial charge in [-0.15, -0.1) is 0 Å². The van der Waals surface area contributed by atoms with Gasteiger partial charge in [-0.05, 0) is 18.2 Å². The Hall–Kier alpha value is -3.44. The van der Waals surface area contributed by atoms with E-state index in [-0.39, 0.29) is 30.3 Å². The fourth-order valence-electron chi connectivity index (χ4n) is 2.76. The van der Waals surface area contributed by atoms with Gasteiger partial charge in [0.05, 0.1) is 19.0 Å². The van der Waals surface area contributed by atoms with Crippen molar-refractivity contribution in [2.75, 3.05) is 18.8 Å². The van der Waals surface area contributed by atoms with Crippen LogP contribution in [-0.2, 0) is 10.3 Å². The number of nitrogens with two attached hydrogens (primary N) is 1. The van der Waals surface area contributed by atoms with E-state index < -0.39 is 42.1 Å². The predicted octanol–water partition coefficient (Wildman–Crippen LogP) is 2.37. The van der Waals surface area contributed by atoms with E-state index in [4.69, 9.17) is 10.5 Å². The second-order valence-corrected chi connectivity index (χ2v) is 5.92. The number of aromatic nitrogens is 2. The predicted molar refractivity (Wildman–Crippen MR) is 92.9 cm³/mol. The van der Waals surface area contributed by atoms with Crippen molar-refractivity contribution in [2.45, 2.75) is 18.4 Å². The van der Waals surface area contributed by atoms with E-state index in [0.29, 0.717) is 0 Å². The minimum Gasteiger partial charge on any atom is -0.465 e. The summed E-state index contributed by atoms with van der Waals surface area (Å²) in [5.41, 5.74) is 2.62. The summed E-state index contributed by atoms with van der Waals surface area (Å²) in [5.74, 6) is -1.81. The Kier molecular flexibility index (Phi) is 5.80. The number of carbonyl (C=O) groups is 1. The first kappa shape index (κ1) is 20.3. The molecule has 1 aliphatic heterocycles. The zero-order valence-corrected chi connectivity index (χ0v) is 14.7. The molecule has 154 valence electrons.